The first-order valence-corrected chi connectivity index (χ1v) is 8.25. The van der Waals surface area contributed by atoms with E-state index in [0.717, 1.165) is 6.26 Å². The van der Waals surface area contributed by atoms with Gasteiger partial charge in [0.2, 0.25) is 0 Å². The van der Waals surface area contributed by atoms with Crippen LogP contribution in [0, 0.1) is 0 Å². The zero-order valence-electron chi connectivity index (χ0n) is 11.7. The van der Waals surface area contributed by atoms with Crippen molar-refractivity contribution in [2.24, 2.45) is 0 Å². The Morgan fingerprint density at radius 3 is 2.43 bits per heavy atom. The van der Waals surface area contributed by atoms with Crippen LogP contribution in [0.25, 0.3) is 0 Å². The van der Waals surface area contributed by atoms with Gasteiger partial charge in [-0.3, -0.25) is 0 Å². The molecule has 6 heteroatoms. The molecule has 1 atom stereocenters. The number of nitrogens with one attached hydrogen (secondary N) is 1. The van der Waals surface area contributed by atoms with Gasteiger partial charge in [-0.2, -0.15) is 0 Å². The van der Waals surface area contributed by atoms with Crippen molar-refractivity contribution in [1.29, 1.82) is 0 Å². The van der Waals surface area contributed by atoms with Gasteiger partial charge in [0.05, 0.1) is 10.9 Å². The minimum Gasteiger partial charge on any atom is -0.508 e. The molecule has 0 aromatic heterocycles. The average molecular weight is 307 g/mol. The minimum absolute atomic E-state index is 0.0116. The van der Waals surface area contributed by atoms with Gasteiger partial charge >= 0.3 is 0 Å². The molecule has 3 N–H and O–H groups in total. The van der Waals surface area contributed by atoms with Crippen LogP contribution in [0.1, 0.15) is 18.5 Å². The fourth-order valence-corrected chi connectivity index (χ4v) is 2.71. The zero-order valence-corrected chi connectivity index (χ0v) is 12.6. The molecule has 0 aliphatic carbocycles. The maximum atomic E-state index is 11.5. The highest BCUT2D eigenvalue weighted by Crippen LogP contribution is 2.30. The largest absolute Gasteiger partial charge is 0.508 e. The van der Waals surface area contributed by atoms with Crippen molar-refractivity contribution in [3.05, 3.63) is 48.0 Å². The van der Waals surface area contributed by atoms with Crippen LogP contribution in [0.4, 0.5) is 5.69 Å². The second-order valence-corrected chi connectivity index (χ2v) is 6.92. The van der Waals surface area contributed by atoms with Gasteiger partial charge in [0.25, 0.3) is 0 Å². The Bertz CT molecular complexity index is 756. The predicted octanol–water partition coefficient (Wildman–Crippen LogP) is 2.67. The lowest BCUT2D eigenvalue weighted by molar-refractivity contribution is 0.444. The van der Waals surface area contributed by atoms with Crippen molar-refractivity contribution in [3.63, 3.8) is 0 Å². The van der Waals surface area contributed by atoms with Crippen molar-refractivity contribution in [2.75, 3.05) is 11.6 Å². The highest BCUT2D eigenvalue weighted by molar-refractivity contribution is 7.90. The molecular weight excluding hydrogens is 290 g/mol. The molecule has 0 saturated heterocycles. The summed E-state index contributed by atoms with van der Waals surface area (Å²) in [6.45, 7) is 1.83. The Morgan fingerprint density at radius 1 is 1.10 bits per heavy atom. The molecule has 0 saturated carbocycles. The summed E-state index contributed by atoms with van der Waals surface area (Å²) < 4.78 is 23.1. The van der Waals surface area contributed by atoms with Gasteiger partial charge in [0.15, 0.2) is 9.84 Å². The fraction of sp³-hybridized carbons (Fsp3) is 0.200. The standard InChI is InChI=1S/C15H17NO4S/c1-10(14-7-6-12(17)9-15(14)18)16-11-4-3-5-13(8-11)21(2,19)20/h3-10,16-18H,1-2H3. The van der Waals surface area contributed by atoms with Gasteiger partial charge in [-0.25, -0.2) is 8.42 Å². The predicted molar refractivity (Wildman–Crippen MR) is 81.4 cm³/mol. The molecule has 5 nitrogen and oxygen atoms in total. The number of benzene rings is 2. The van der Waals surface area contributed by atoms with E-state index in [4.69, 9.17) is 0 Å². The summed E-state index contributed by atoms with van der Waals surface area (Å²) in [4.78, 5) is 0.231. The third kappa shape index (κ3) is 3.66. The molecule has 0 bridgehead atoms. The van der Waals surface area contributed by atoms with Crippen molar-refractivity contribution >= 4 is 15.5 Å². The average Bonchev–Trinajstić information content (AvgIpc) is 2.37. The number of phenolic OH excluding ortho intramolecular Hbond substituents is 2. The second-order valence-electron chi connectivity index (χ2n) is 4.91. The summed E-state index contributed by atoms with van der Waals surface area (Å²) in [6, 6.07) is 10.6. The Balaban J connectivity index is 2.25. The summed E-state index contributed by atoms with van der Waals surface area (Å²) in [5, 5.41) is 22.2. The molecular formula is C15H17NO4S. The number of aromatic hydroxyl groups is 2. The minimum atomic E-state index is -3.26. The number of hydrogen-bond acceptors (Lipinski definition) is 5. The summed E-state index contributed by atoms with van der Waals surface area (Å²) in [7, 11) is -3.26. The second kappa shape index (κ2) is 5.65. The third-order valence-corrected chi connectivity index (χ3v) is 4.24. The van der Waals surface area contributed by atoms with Crippen LogP contribution in [-0.2, 0) is 9.84 Å². The first kappa shape index (κ1) is 15.2. The molecule has 112 valence electrons. The monoisotopic (exact) mass is 307 g/mol. The van der Waals surface area contributed by atoms with Crippen LogP contribution in [0.5, 0.6) is 11.5 Å². The van der Waals surface area contributed by atoms with Crippen LogP contribution in [0.15, 0.2) is 47.4 Å². The van der Waals surface area contributed by atoms with E-state index in [-0.39, 0.29) is 22.4 Å². The summed E-state index contributed by atoms with van der Waals surface area (Å²) in [5.41, 5.74) is 1.25. The fourth-order valence-electron chi connectivity index (χ4n) is 2.04. The maximum absolute atomic E-state index is 11.5. The maximum Gasteiger partial charge on any atom is 0.175 e. The van der Waals surface area contributed by atoms with Crippen molar-refractivity contribution in [2.45, 2.75) is 17.9 Å². The Kier molecular flexibility index (Phi) is 4.09. The van der Waals surface area contributed by atoms with E-state index >= 15 is 0 Å². The van der Waals surface area contributed by atoms with Gasteiger partial charge in [0, 0.05) is 23.6 Å². The first-order valence-electron chi connectivity index (χ1n) is 6.36. The zero-order chi connectivity index (χ0) is 15.6. The number of hydrogen-bond donors (Lipinski definition) is 3. The lowest BCUT2D eigenvalue weighted by atomic mass is 10.1. The van der Waals surface area contributed by atoms with E-state index in [1.54, 1.807) is 24.3 Å². The molecule has 1 unspecified atom stereocenters. The lowest BCUT2D eigenvalue weighted by Gasteiger charge is -2.17. The molecule has 0 fully saturated rings. The molecule has 0 aliphatic rings. The van der Waals surface area contributed by atoms with Crippen molar-refractivity contribution in [3.8, 4) is 11.5 Å². The summed E-state index contributed by atoms with van der Waals surface area (Å²) in [5.74, 6) is -0.0307. The SMILES string of the molecule is CC(Nc1cccc(S(C)(=O)=O)c1)c1ccc(O)cc1O. The van der Waals surface area contributed by atoms with Crippen LogP contribution in [-0.4, -0.2) is 24.9 Å². The van der Waals surface area contributed by atoms with E-state index in [2.05, 4.69) is 5.32 Å². The van der Waals surface area contributed by atoms with Crippen molar-refractivity contribution in [1.82, 2.24) is 0 Å². The molecule has 21 heavy (non-hydrogen) atoms. The van der Waals surface area contributed by atoms with E-state index in [9.17, 15) is 18.6 Å². The number of phenols is 2. The summed E-state index contributed by atoms with van der Waals surface area (Å²) in [6.07, 6.45) is 1.15. The van der Waals surface area contributed by atoms with Gasteiger partial charge in [-0.15, -0.1) is 0 Å². The topological polar surface area (TPSA) is 86.6 Å². The Morgan fingerprint density at radius 2 is 1.81 bits per heavy atom. The summed E-state index contributed by atoms with van der Waals surface area (Å²) >= 11 is 0. The van der Waals surface area contributed by atoms with Gasteiger partial charge in [-0.1, -0.05) is 6.07 Å². The molecule has 0 spiro atoms. The molecule has 2 rings (SSSR count). The molecule has 0 aliphatic heterocycles. The van der Waals surface area contributed by atoms with Gasteiger partial charge in [-0.05, 0) is 37.3 Å². The normalized spacial score (nSPS) is 12.9. The number of rotatable bonds is 4. The van der Waals surface area contributed by atoms with Crippen LogP contribution < -0.4 is 5.32 Å². The lowest BCUT2D eigenvalue weighted by Crippen LogP contribution is -2.07. The first-order chi connectivity index (χ1) is 9.77. The van der Waals surface area contributed by atoms with E-state index in [1.807, 2.05) is 6.92 Å². The molecule has 2 aromatic rings. The molecule has 0 heterocycles. The van der Waals surface area contributed by atoms with Crippen LogP contribution in [0.2, 0.25) is 0 Å². The van der Waals surface area contributed by atoms with E-state index < -0.39 is 9.84 Å². The Hall–Kier alpha value is -2.21. The van der Waals surface area contributed by atoms with Crippen molar-refractivity contribution < 1.29 is 18.6 Å². The highest BCUT2D eigenvalue weighted by atomic mass is 32.2. The van der Waals surface area contributed by atoms with Gasteiger partial charge < -0.3 is 15.5 Å². The van der Waals surface area contributed by atoms with E-state index in [0.29, 0.717) is 11.3 Å². The van der Waals surface area contributed by atoms with Crippen LogP contribution >= 0.6 is 0 Å². The molecule has 2 aromatic carbocycles. The third-order valence-electron chi connectivity index (χ3n) is 3.13. The smallest absolute Gasteiger partial charge is 0.175 e. The molecule has 0 amide bonds. The highest BCUT2D eigenvalue weighted by Gasteiger charge is 2.12. The number of anilines is 1. The number of sulfone groups is 1. The molecule has 0 radical (unpaired) electrons. The Labute approximate surface area is 123 Å². The van der Waals surface area contributed by atoms with Crippen LogP contribution in [0.3, 0.4) is 0 Å². The quantitative estimate of drug-likeness (QED) is 0.808. The van der Waals surface area contributed by atoms with E-state index in [1.165, 1.54) is 18.2 Å². The van der Waals surface area contributed by atoms with Gasteiger partial charge in [0.1, 0.15) is 11.5 Å².